The first-order valence-corrected chi connectivity index (χ1v) is 10.4. The Morgan fingerprint density at radius 3 is 2.70 bits per heavy atom. The van der Waals surface area contributed by atoms with Crippen molar-refractivity contribution in [1.29, 1.82) is 0 Å². The first-order chi connectivity index (χ1) is 12.9. The molecule has 0 bridgehead atoms. The fraction of sp³-hybridized carbons (Fsp3) is 0.263. The van der Waals surface area contributed by atoms with Crippen LogP contribution >= 0.6 is 39.3 Å². The molecule has 2 rings (SSSR count). The first kappa shape index (κ1) is 21.6. The fourth-order valence-corrected chi connectivity index (χ4v) is 3.67. The average Bonchev–Trinajstić information content (AvgIpc) is 2.61. The molecule has 0 atom stereocenters. The second-order valence-electron chi connectivity index (χ2n) is 5.76. The SMILES string of the molecule is COc1ccc(Cl)cc1CN(C)C(=O)CSCC(=O)Nc1cccc(Br)c1. The molecule has 0 saturated heterocycles. The molecule has 0 unspecified atom stereocenters. The molecule has 0 aliphatic rings. The topological polar surface area (TPSA) is 58.6 Å². The summed E-state index contributed by atoms with van der Waals surface area (Å²) in [6.07, 6.45) is 0. The molecule has 8 heteroatoms. The van der Waals surface area contributed by atoms with Gasteiger partial charge in [0.2, 0.25) is 11.8 Å². The van der Waals surface area contributed by atoms with E-state index in [-0.39, 0.29) is 23.3 Å². The highest BCUT2D eigenvalue weighted by atomic mass is 79.9. The number of nitrogens with zero attached hydrogens (tertiary/aromatic N) is 1. The number of methoxy groups -OCH3 is 1. The van der Waals surface area contributed by atoms with Crippen LogP contribution in [0.3, 0.4) is 0 Å². The smallest absolute Gasteiger partial charge is 0.234 e. The molecule has 27 heavy (non-hydrogen) atoms. The van der Waals surface area contributed by atoms with Crippen LogP contribution in [0.5, 0.6) is 5.75 Å². The molecule has 144 valence electrons. The number of amides is 2. The van der Waals surface area contributed by atoms with E-state index in [9.17, 15) is 9.59 Å². The normalized spacial score (nSPS) is 10.4. The Morgan fingerprint density at radius 2 is 2.00 bits per heavy atom. The number of ether oxygens (including phenoxy) is 1. The summed E-state index contributed by atoms with van der Waals surface area (Å²) >= 11 is 10.7. The summed E-state index contributed by atoms with van der Waals surface area (Å²) < 4.78 is 6.19. The maximum atomic E-state index is 12.3. The highest BCUT2D eigenvalue weighted by Gasteiger charge is 2.13. The Balaban J connectivity index is 1.79. The molecule has 2 aromatic rings. The van der Waals surface area contributed by atoms with E-state index < -0.39 is 0 Å². The minimum Gasteiger partial charge on any atom is -0.496 e. The van der Waals surface area contributed by atoms with Crippen molar-refractivity contribution in [2.24, 2.45) is 0 Å². The molecular weight excluding hydrogens is 452 g/mol. The van der Waals surface area contributed by atoms with Gasteiger partial charge >= 0.3 is 0 Å². The van der Waals surface area contributed by atoms with Crippen LogP contribution in [0.2, 0.25) is 5.02 Å². The van der Waals surface area contributed by atoms with Gasteiger partial charge in [-0.15, -0.1) is 11.8 Å². The number of rotatable bonds is 8. The second kappa shape index (κ2) is 10.6. The van der Waals surface area contributed by atoms with Crippen molar-refractivity contribution in [2.75, 3.05) is 31.0 Å². The number of thioether (sulfide) groups is 1. The van der Waals surface area contributed by atoms with E-state index in [0.29, 0.717) is 23.0 Å². The predicted octanol–water partition coefficient (Wildman–Crippen LogP) is 4.44. The monoisotopic (exact) mass is 470 g/mol. The molecule has 0 fully saturated rings. The van der Waals surface area contributed by atoms with E-state index in [1.54, 1.807) is 37.3 Å². The third-order valence-corrected chi connectivity index (χ3v) is 5.29. The summed E-state index contributed by atoms with van der Waals surface area (Å²) in [7, 11) is 3.29. The maximum absolute atomic E-state index is 12.3. The maximum Gasteiger partial charge on any atom is 0.234 e. The molecule has 0 spiro atoms. The number of benzene rings is 2. The molecule has 0 heterocycles. The molecule has 0 aromatic heterocycles. The van der Waals surface area contributed by atoms with Crippen molar-refractivity contribution in [3.8, 4) is 5.75 Å². The van der Waals surface area contributed by atoms with Crippen molar-refractivity contribution in [3.63, 3.8) is 0 Å². The number of anilines is 1. The summed E-state index contributed by atoms with van der Waals surface area (Å²) in [6.45, 7) is 0.382. The molecule has 1 N–H and O–H groups in total. The lowest BCUT2D eigenvalue weighted by molar-refractivity contribution is -0.127. The van der Waals surface area contributed by atoms with Crippen LogP contribution in [-0.4, -0.2) is 42.4 Å². The number of halogens is 2. The van der Waals surface area contributed by atoms with Gasteiger partial charge in [-0.3, -0.25) is 9.59 Å². The van der Waals surface area contributed by atoms with E-state index in [1.807, 2.05) is 24.3 Å². The minimum absolute atomic E-state index is 0.0720. The largest absolute Gasteiger partial charge is 0.496 e. The molecular formula is C19H20BrClN2O3S. The zero-order valence-corrected chi connectivity index (χ0v) is 18.2. The average molecular weight is 472 g/mol. The van der Waals surface area contributed by atoms with Gasteiger partial charge in [0, 0.05) is 34.3 Å². The zero-order valence-electron chi connectivity index (χ0n) is 15.0. The van der Waals surface area contributed by atoms with Gasteiger partial charge in [-0.2, -0.15) is 0 Å². The van der Waals surface area contributed by atoms with Gasteiger partial charge in [0.1, 0.15) is 5.75 Å². The lowest BCUT2D eigenvalue weighted by atomic mass is 10.2. The molecule has 5 nitrogen and oxygen atoms in total. The summed E-state index contributed by atoms with van der Waals surface area (Å²) in [5, 5.41) is 3.39. The van der Waals surface area contributed by atoms with Crippen LogP contribution < -0.4 is 10.1 Å². The van der Waals surface area contributed by atoms with E-state index in [2.05, 4.69) is 21.2 Å². The van der Waals surface area contributed by atoms with E-state index >= 15 is 0 Å². The Labute approximate surface area is 176 Å². The molecule has 0 saturated carbocycles. The van der Waals surface area contributed by atoms with Gasteiger partial charge in [0.15, 0.2) is 0 Å². The number of hydrogen-bond donors (Lipinski definition) is 1. The lowest BCUT2D eigenvalue weighted by Gasteiger charge is -2.19. The van der Waals surface area contributed by atoms with Crippen LogP contribution in [0.1, 0.15) is 5.56 Å². The van der Waals surface area contributed by atoms with Gasteiger partial charge in [-0.05, 0) is 36.4 Å². The van der Waals surface area contributed by atoms with E-state index in [0.717, 1.165) is 10.0 Å². The molecule has 0 aliphatic heterocycles. The van der Waals surface area contributed by atoms with Gasteiger partial charge in [-0.25, -0.2) is 0 Å². The Bertz CT molecular complexity index is 819. The molecule has 0 radical (unpaired) electrons. The van der Waals surface area contributed by atoms with Crippen LogP contribution in [-0.2, 0) is 16.1 Å². The van der Waals surface area contributed by atoms with Crippen molar-refractivity contribution in [1.82, 2.24) is 4.90 Å². The number of carbonyl (C=O) groups is 2. The summed E-state index contributed by atoms with van der Waals surface area (Å²) in [4.78, 5) is 25.9. The van der Waals surface area contributed by atoms with E-state index in [1.165, 1.54) is 11.8 Å². The van der Waals surface area contributed by atoms with Gasteiger partial charge in [0.05, 0.1) is 18.6 Å². The standard InChI is InChI=1S/C19H20BrClN2O3S/c1-23(10-13-8-15(21)6-7-17(13)26-2)19(25)12-27-11-18(24)22-16-5-3-4-14(20)9-16/h3-9H,10-12H2,1-2H3,(H,22,24). The Morgan fingerprint density at radius 1 is 1.22 bits per heavy atom. The highest BCUT2D eigenvalue weighted by Crippen LogP contribution is 2.24. The number of hydrogen-bond acceptors (Lipinski definition) is 4. The quantitative estimate of drug-likeness (QED) is 0.618. The summed E-state index contributed by atoms with van der Waals surface area (Å²) in [6, 6.07) is 12.7. The van der Waals surface area contributed by atoms with Gasteiger partial charge in [-0.1, -0.05) is 33.6 Å². The zero-order chi connectivity index (χ0) is 19.8. The fourth-order valence-electron chi connectivity index (χ4n) is 2.32. The van der Waals surface area contributed by atoms with Gasteiger partial charge in [0.25, 0.3) is 0 Å². The second-order valence-corrected chi connectivity index (χ2v) is 8.10. The van der Waals surface area contributed by atoms with Crippen molar-refractivity contribution in [2.45, 2.75) is 6.54 Å². The van der Waals surface area contributed by atoms with Crippen LogP contribution in [0, 0.1) is 0 Å². The van der Waals surface area contributed by atoms with Crippen molar-refractivity contribution < 1.29 is 14.3 Å². The van der Waals surface area contributed by atoms with Crippen LogP contribution in [0.4, 0.5) is 5.69 Å². The Hall–Kier alpha value is -1.70. The van der Waals surface area contributed by atoms with Gasteiger partial charge < -0.3 is 15.0 Å². The minimum atomic E-state index is -0.148. The van der Waals surface area contributed by atoms with Crippen molar-refractivity contribution in [3.05, 3.63) is 57.5 Å². The number of carbonyl (C=O) groups excluding carboxylic acids is 2. The third kappa shape index (κ3) is 7.08. The molecule has 2 aromatic carbocycles. The number of nitrogens with one attached hydrogen (secondary N) is 1. The summed E-state index contributed by atoms with van der Waals surface area (Å²) in [5.41, 5.74) is 1.55. The lowest BCUT2D eigenvalue weighted by Crippen LogP contribution is -2.28. The predicted molar refractivity (Wildman–Crippen MR) is 115 cm³/mol. The van der Waals surface area contributed by atoms with Crippen LogP contribution in [0.15, 0.2) is 46.9 Å². The third-order valence-electron chi connectivity index (χ3n) is 3.64. The summed E-state index contributed by atoms with van der Waals surface area (Å²) in [5.74, 6) is 0.875. The van der Waals surface area contributed by atoms with Crippen molar-refractivity contribution >= 4 is 56.8 Å². The van der Waals surface area contributed by atoms with Crippen LogP contribution in [0.25, 0.3) is 0 Å². The molecule has 2 amide bonds. The molecule has 0 aliphatic carbocycles. The van der Waals surface area contributed by atoms with E-state index in [4.69, 9.17) is 16.3 Å². The Kier molecular flexibility index (Phi) is 8.47. The first-order valence-electron chi connectivity index (χ1n) is 8.08. The highest BCUT2D eigenvalue weighted by molar-refractivity contribution is 9.10.